The Morgan fingerprint density at radius 2 is 2.00 bits per heavy atom. The first-order chi connectivity index (χ1) is 9.66. The van der Waals surface area contributed by atoms with Gasteiger partial charge in [0.25, 0.3) is 0 Å². The summed E-state index contributed by atoms with van der Waals surface area (Å²) in [6, 6.07) is 9.55. The Hall–Kier alpha value is -1.88. The number of rotatable bonds is 4. The smallest absolute Gasteiger partial charge is 0.312 e. The highest BCUT2D eigenvalue weighted by Gasteiger charge is 2.24. The maximum atomic E-state index is 11.9. The molecule has 2 rings (SSSR count). The number of nitrogens with zero attached hydrogens (tertiary/aromatic N) is 1. The molecule has 1 saturated heterocycles. The molecule has 108 valence electrons. The number of primary amides is 1. The summed E-state index contributed by atoms with van der Waals surface area (Å²) in [5.41, 5.74) is 6.09. The van der Waals surface area contributed by atoms with Crippen LogP contribution in [-0.2, 0) is 20.9 Å². The number of carbonyl (C=O) groups excluding carboxylic acids is 2. The van der Waals surface area contributed by atoms with Gasteiger partial charge in [-0.1, -0.05) is 30.3 Å². The van der Waals surface area contributed by atoms with Crippen molar-refractivity contribution < 1.29 is 14.3 Å². The molecule has 5 nitrogen and oxygen atoms in total. The summed E-state index contributed by atoms with van der Waals surface area (Å²) in [4.78, 5) is 24.6. The first kappa shape index (κ1) is 14.5. The summed E-state index contributed by atoms with van der Waals surface area (Å²) in [6.07, 6.45) is 3.06. The number of hydrogen-bond acceptors (Lipinski definition) is 3. The molecule has 2 N–H and O–H groups in total. The fourth-order valence-corrected chi connectivity index (χ4v) is 2.38. The Kier molecular flexibility index (Phi) is 5.12. The highest BCUT2D eigenvalue weighted by molar-refractivity contribution is 6.34. The average molecular weight is 276 g/mol. The van der Waals surface area contributed by atoms with Gasteiger partial charge in [-0.2, -0.15) is 0 Å². The van der Waals surface area contributed by atoms with E-state index in [4.69, 9.17) is 10.5 Å². The van der Waals surface area contributed by atoms with Gasteiger partial charge in [-0.3, -0.25) is 9.59 Å². The van der Waals surface area contributed by atoms with Crippen LogP contribution in [-0.4, -0.2) is 36.0 Å². The van der Waals surface area contributed by atoms with Crippen molar-refractivity contribution in [3.8, 4) is 0 Å². The van der Waals surface area contributed by atoms with Gasteiger partial charge in [0.2, 0.25) is 0 Å². The predicted octanol–water partition coefficient (Wildman–Crippen LogP) is 1.07. The maximum Gasteiger partial charge on any atom is 0.312 e. The first-order valence-corrected chi connectivity index (χ1v) is 6.91. The minimum absolute atomic E-state index is 0.00392. The van der Waals surface area contributed by atoms with Crippen molar-refractivity contribution in [2.24, 2.45) is 5.73 Å². The van der Waals surface area contributed by atoms with E-state index >= 15 is 0 Å². The highest BCUT2D eigenvalue weighted by atomic mass is 16.5. The molecule has 0 aliphatic carbocycles. The quantitative estimate of drug-likeness (QED) is 0.836. The molecule has 1 aromatic rings. The Bertz CT molecular complexity index is 455. The van der Waals surface area contributed by atoms with Crippen LogP contribution in [0.3, 0.4) is 0 Å². The lowest BCUT2D eigenvalue weighted by molar-refractivity contribution is -0.146. The van der Waals surface area contributed by atoms with Crippen LogP contribution in [0.2, 0.25) is 0 Å². The second kappa shape index (κ2) is 7.05. The first-order valence-electron chi connectivity index (χ1n) is 6.91. The third-order valence-electron chi connectivity index (χ3n) is 3.41. The van der Waals surface area contributed by atoms with E-state index in [1.54, 1.807) is 0 Å². The van der Waals surface area contributed by atoms with E-state index in [0.29, 0.717) is 19.7 Å². The van der Waals surface area contributed by atoms with Crippen LogP contribution in [0.25, 0.3) is 0 Å². The number of amides is 2. The number of ether oxygens (including phenoxy) is 1. The Labute approximate surface area is 118 Å². The largest absolute Gasteiger partial charge is 0.376 e. The standard InChI is InChI=1S/C15H20N2O3/c16-14(18)15(19)17(10-12-6-2-1-3-7-12)11-13-8-4-5-9-20-13/h1-3,6-7,13H,4-5,8-11H2,(H2,16,18). The fourth-order valence-electron chi connectivity index (χ4n) is 2.38. The molecule has 1 aromatic carbocycles. The van der Waals surface area contributed by atoms with Crippen LogP contribution in [0.4, 0.5) is 0 Å². The highest BCUT2D eigenvalue weighted by Crippen LogP contribution is 2.15. The van der Waals surface area contributed by atoms with E-state index in [2.05, 4.69) is 0 Å². The zero-order valence-electron chi connectivity index (χ0n) is 11.5. The van der Waals surface area contributed by atoms with Gasteiger partial charge in [-0.05, 0) is 24.8 Å². The molecule has 1 heterocycles. The van der Waals surface area contributed by atoms with Crippen molar-refractivity contribution in [1.29, 1.82) is 0 Å². The topological polar surface area (TPSA) is 72.6 Å². The van der Waals surface area contributed by atoms with Crippen LogP contribution in [0.15, 0.2) is 30.3 Å². The maximum absolute atomic E-state index is 11.9. The van der Waals surface area contributed by atoms with Gasteiger partial charge in [0.05, 0.1) is 6.10 Å². The van der Waals surface area contributed by atoms with Crippen molar-refractivity contribution >= 4 is 11.8 Å². The lowest BCUT2D eigenvalue weighted by atomic mass is 10.1. The van der Waals surface area contributed by atoms with Gasteiger partial charge in [0.1, 0.15) is 0 Å². The molecule has 1 aliphatic rings. The zero-order valence-corrected chi connectivity index (χ0v) is 11.5. The van der Waals surface area contributed by atoms with Gasteiger partial charge in [-0.15, -0.1) is 0 Å². The lowest BCUT2D eigenvalue weighted by Crippen LogP contribution is -2.44. The van der Waals surface area contributed by atoms with Gasteiger partial charge >= 0.3 is 11.8 Å². The minimum atomic E-state index is -0.920. The molecule has 1 fully saturated rings. The van der Waals surface area contributed by atoms with E-state index in [1.807, 2.05) is 30.3 Å². The van der Waals surface area contributed by atoms with Crippen LogP contribution < -0.4 is 5.73 Å². The second-order valence-electron chi connectivity index (χ2n) is 5.02. The molecular formula is C15H20N2O3. The molecule has 1 unspecified atom stereocenters. The van der Waals surface area contributed by atoms with E-state index in [0.717, 1.165) is 24.8 Å². The van der Waals surface area contributed by atoms with E-state index in [-0.39, 0.29) is 6.10 Å². The molecular weight excluding hydrogens is 256 g/mol. The summed E-state index contributed by atoms with van der Waals surface area (Å²) in [5, 5.41) is 0. The van der Waals surface area contributed by atoms with E-state index < -0.39 is 11.8 Å². The summed E-state index contributed by atoms with van der Waals surface area (Å²) >= 11 is 0. The van der Waals surface area contributed by atoms with E-state index in [9.17, 15) is 9.59 Å². The average Bonchev–Trinajstić information content (AvgIpc) is 2.48. The fraction of sp³-hybridized carbons (Fsp3) is 0.467. The molecule has 0 bridgehead atoms. The van der Waals surface area contributed by atoms with Gasteiger partial charge < -0.3 is 15.4 Å². The molecule has 0 aromatic heterocycles. The molecule has 0 saturated carbocycles. The number of carbonyl (C=O) groups is 2. The number of hydrogen-bond donors (Lipinski definition) is 1. The normalized spacial score (nSPS) is 18.5. The molecule has 1 atom stereocenters. The van der Waals surface area contributed by atoms with Crippen LogP contribution in [0, 0.1) is 0 Å². The summed E-state index contributed by atoms with van der Waals surface area (Å²) in [7, 11) is 0. The number of nitrogens with two attached hydrogens (primary N) is 1. The zero-order chi connectivity index (χ0) is 14.4. The lowest BCUT2D eigenvalue weighted by Gasteiger charge is -2.29. The van der Waals surface area contributed by atoms with Crippen LogP contribution >= 0.6 is 0 Å². The third-order valence-corrected chi connectivity index (χ3v) is 3.41. The van der Waals surface area contributed by atoms with Gasteiger partial charge in [0.15, 0.2) is 0 Å². The molecule has 0 spiro atoms. The van der Waals surface area contributed by atoms with Crippen molar-refractivity contribution in [3.05, 3.63) is 35.9 Å². The number of benzene rings is 1. The molecule has 1 aliphatic heterocycles. The van der Waals surface area contributed by atoms with Gasteiger partial charge in [0, 0.05) is 19.7 Å². The van der Waals surface area contributed by atoms with E-state index in [1.165, 1.54) is 4.90 Å². The molecule has 0 radical (unpaired) electrons. The monoisotopic (exact) mass is 276 g/mol. The van der Waals surface area contributed by atoms with Crippen LogP contribution in [0.5, 0.6) is 0 Å². The van der Waals surface area contributed by atoms with Crippen molar-refractivity contribution in [2.45, 2.75) is 31.9 Å². The third kappa shape index (κ3) is 4.06. The van der Waals surface area contributed by atoms with Crippen LogP contribution in [0.1, 0.15) is 24.8 Å². The predicted molar refractivity (Wildman–Crippen MR) is 74.6 cm³/mol. The summed E-state index contributed by atoms with van der Waals surface area (Å²) < 4.78 is 5.63. The van der Waals surface area contributed by atoms with Crippen molar-refractivity contribution in [1.82, 2.24) is 4.90 Å². The summed E-state index contributed by atoms with van der Waals surface area (Å²) in [6.45, 7) is 1.51. The molecule has 20 heavy (non-hydrogen) atoms. The Morgan fingerprint density at radius 3 is 2.60 bits per heavy atom. The second-order valence-corrected chi connectivity index (χ2v) is 5.02. The molecule has 2 amide bonds. The van der Waals surface area contributed by atoms with Gasteiger partial charge in [-0.25, -0.2) is 0 Å². The summed E-state index contributed by atoms with van der Waals surface area (Å²) in [5.74, 6) is -1.57. The SMILES string of the molecule is NC(=O)C(=O)N(Cc1ccccc1)CC1CCCCO1. The van der Waals surface area contributed by atoms with Crippen molar-refractivity contribution in [2.75, 3.05) is 13.2 Å². The Morgan fingerprint density at radius 1 is 1.25 bits per heavy atom. The minimum Gasteiger partial charge on any atom is -0.376 e. The Balaban J connectivity index is 2.03. The van der Waals surface area contributed by atoms with Crippen molar-refractivity contribution in [3.63, 3.8) is 0 Å². The molecule has 5 heteroatoms.